The van der Waals surface area contributed by atoms with Crippen molar-refractivity contribution in [2.75, 3.05) is 5.32 Å². The van der Waals surface area contributed by atoms with E-state index in [2.05, 4.69) is 21.2 Å². The maximum absolute atomic E-state index is 12.1. The lowest BCUT2D eigenvalue weighted by Gasteiger charge is -2.09. The minimum absolute atomic E-state index is 0.0302. The van der Waals surface area contributed by atoms with Crippen LogP contribution in [0.1, 0.15) is 20.7 Å². The van der Waals surface area contributed by atoms with Crippen LogP contribution in [0.15, 0.2) is 40.9 Å². The molecule has 0 atom stereocenters. The van der Waals surface area contributed by atoms with Crippen molar-refractivity contribution in [1.82, 2.24) is 0 Å². The SMILES string of the molecule is O=C(O)c1cccc(C(=O)Nc2ccc(Br)c(Cl)c2Cl)c1. The average molecular weight is 389 g/mol. The number of hydrogen-bond acceptors (Lipinski definition) is 2. The maximum Gasteiger partial charge on any atom is 0.335 e. The van der Waals surface area contributed by atoms with E-state index in [1.165, 1.54) is 24.3 Å². The number of carbonyl (C=O) groups is 2. The van der Waals surface area contributed by atoms with Crippen LogP contribution in [-0.2, 0) is 0 Å². The molecule has 21 heavy (non-hydrogen) atoms. The monoisotopic (exact) mass is 387 g/mol. The number of aromatic carboxylic acids is 1. The van der Waals surface area contributed by atoms with Crippen molar-refractivity contribution in [2.45, 2.75) is 0 Å². The minimum Gasteiger partial charge on any atom is -0.478 e. The third kappa shape index (κ3) is 3.56. The van der Waals surface area contributed by atoms with Crippen LogP contribution in [0.25, 0.3) is 0 Å². The van der Waals surface area contributed by atoms with E-state index in [1.54, 1.807) is 12.1 Å². The van der Waals surface area contributed by atoms with Crippen LogP contribution in [-0.4, -0.2) is 17.0 Å². The Morgan fingerprint density at radius 1 is 1.05 bits per heavy atom. The molecule has 0 saturated carbocycles. The van der Waals surface area contributed by atoms with Crippen LogP contribution in [0.5, 0.6) is 0 Å². The molecule has 0 aliphatic rings. The number of nitrogens with one attached hydrogen (secondary N) is 1. The Bertz CT molecular complexity index is 734. The lowest BCUT2D eigenvalue weighted by Crippen LogP contribution is -2.13. The topological polar surface area (TPSA) is 66.4 Å². The van der Waals surface area contributed by atoms with Crippen molar-refractivity contribution in [3.8, 4) is 0 Å². The molecule has 108 valence electrons. The van der Waals surface area contributed by atoms with Crippen molar-refractivity contribution < 1.29 is 14.7 Å². The predicted molar refractivity (Wildman–Crippen MR) is 85.5 cm³/mol. The number of rotatable bonds is 3. The first-order valence-corrected chi connectivity index (χ1v) is 7.23. The molecule has 0 aliphatic heterocycles. The molecule has 2 aromatic carbocycles. The summed E-state index contributed by atoms with van der Waals surface area (Å²) >= 11 is 15.2. The number of benzene rings is 2. The van der Waals surface area contributed by atoms with Crippen LogP contribution in [0.2, 0.25) is 10.0 Å². The van der Waals surface area contributed by atoms with Gasteiger partial charge in [-0.2, -0.15) is 0 Å². The molecule has 0 fully saturated rings. The van der Waals surface area contributed by atoms with Gasteiger partial charge in [-0.05, 0) is 46.3 Å². The van der Waals surface area contributed by atoms with Crippen LogP contribution in [0.3, 0.4) is 0 Å². The zero-order chi connectivity index (χ0) is 15.6. The molecule has 2 N–H and O–H groups in total. The first-order valence-electron chi connectivity index (χ1n) is 5.68. The molecule has 7 heteroatoms. The van der Waals surface area contributed by atoms with Gasteiger partial charge in [-0.25, -0.2) is 4.79 Å². The van der Waals surface area contributed by atoms with E-state index >= 15 is 0 Å². The fourth-order valence-corrected chi connectivity index (χ4v) is 2.43. The number of amides is 1. The van der Waals surface area contributed by atoms with Gasteiger partial charge in [-0.3, -0.25) is 4.79 Å². The molecule has 0 bridgehead atoms. The van der Waals surface area contributed by atoms with Crippen LogP contribution < -0.4 is 5.32 Å². The first-order chi connectivity index (χ1) is 9.90. The van der Waals surface area contributed by atoms with Crippen LogP contribution >= 0.6 is 39.1 Å². The summed E-state index contributed by atoms with van der Waals surface area (Å²) in [6.07, 6.45) is 0. The van der Waals surface area contributed by atoms with Crippen molar-refractivity contribution in [3.63, 3.8) is 0 Å². The largest absolute Gasteiger partial charge is 0.478 e. The van der Waals surface area contributed by atoms with E-state index in [4.69, 9.17) is 28.3 Å². The van der Waals surface area contributed by atoms with E-state index in [-0.39, 0.29) is 21.2 Å². The van der Waals surface area contributed by atoms with Crippen molar-refractivity contribution in [3.05, 3.63) is 62.0 Å². The number of anilines is 1. The second-order valence-electron chi connectivity index (χ2n) is 4.06. The highest BCUT2D eigenvalue weighted by Gasteiger charge is 2.13. The fourth-order valence-electron chi connectivity index (χ4n) is 1.61. The average Bonchev–Trinajstić information content (AvgIpc) is 2.48. The van der Waals surface area contributed by atoms with Gasteiger partial charge in [0.15, 0.2) is 0 Å². The summed E-state index contributed by atoms with van der Waals surface area (Å²) in [5.41, 5.74) is 0.586. The van der Waals surface area contributed by atoms with Gasteiger partial charge < -0.3 is 10.4 Å². The molecule has 4 nitrogen and oxygen atoms in total. The van der Waals surface area contributed by atoms with Crippen LogP contribution in [0, 0.1) is 0 Å². The summed E-state index contributed by atoms with van der Waals surface area (Å²) in [6, 6.07) is 8.94. The fraction of sp³-hybridized carbons (Fsp3) is 0. The van der Waals surface area contributed by atoms with Gasteiger partial charge in [0, 0.05) is 10.0 Å². The van der Waals surface area contributed by atoms with E-state index in [0.717, 1.165) is 0 Å². The van der Waals surface area contributed by atoms with E-state index in [9.17, 15) is 9.59 Å². The normalized spacial score (nSPS) is 10.2. The maximum atomic E-state index is 12.1. The summed E-state index contributed by atoms with van der Waals surface area (Å²) < 4.78 is 0.611. The standard InChI is InChI=1S/C14H8BrCl2NO3/c15-9-4-5-10(12(17)11(9)16)18-13(19)7-2-1-3-8(6-7)14(20)21/h1-6H,(H,18,19)(H,20,21). The third-order valence-corrected chi connectivity index (χ3v) is 4.43. The number of carbonyl (C=O) groups excluding carboxylic acids is 1. The second kappa shape index (κ2) is 6.47. The number of carboxylic acid groups (broad SMARTS) is 1. The van der Waals surface area contributed by atoms with Crippen molar-refractivity contribution in [1.29, 1.82) is 0 Å². The Labute approximate surface area is 138 Å². The summed E-state index contributed by atoms with van der Waals surface area (Å²) in [5.74, 6) is -1.58. The zero-order valence-corrected chi connectivity index (χ0v) is 13.5. The third-order valence-electron chi connectivity index (χ3n) is 2.66. The van der Waals surface area contributed by atoms with Gasteiger partial charge in [-0.15, -0.1) is 0 Å². The molecular formula is C14H8BrCl2NO3. The van der Waals surface area contributed by atoms with Gasteiger partial charge in [0.05, 0.1) is 21.3 Å². The molecule has 1 amide bonds. The number of carboxylic acids is 1. The Morgan fingerprint density at radius 3 is 2.38 bits per heavy atom. The quantitative estimate of drug-likeness (QED) is 0.748. The van der Waals surface area contributed by atoms with Gasteiger partial charge in [-0.1, -0.05) is 29.3 Å². The molecule has 0 spiro atoms. The molecule has 2 aromatic rings. The van der Waals surface area contributed by atoms with E-state index < -0.39 is 11.9 Å². The Morgan fingerprint density at radius 2 is 1.71 bits per heavy atom. The Kier molecular flexibility index (Phi) is 4.88. The zero-order valence-electron chi connectivity index (χ0n) is 10.4. The van der Waals surface area contributed by atoms with Gasteiger partial charge in [0.1, 0.15) is 0 Å². The smallest absolute Gasteiger partial charge is 0.335 e. The molecule has 2 rings (SSSR count). The van der Waals surface area contributed by atoms with Crippen molar-refractivity contribution in [2.24, 2.45) is 0 Å². The van der Waals surface area contributed by atoms with Crippen molar-refractivity contribution >= 4 is 56.7 Å². The highest BCUT2D eigenvalue weighted by Crippen LogP contribution is 2.35. The highest BCUT2D eigenvalue weighted by molar-refractivity contribution is 9.10. The molecule has 0 unspecified atom stereocenters. The molecular weight excluding hydrogens is 381 g/mol. The van der Waals surface area contributed by atoms with E-state index in [0.29, 0.717) is 10.2 Å². The predicted octanol–water partition coefficient (Wildman–Crippen LogP) is 4.71. The lowest BCUT2D eigenvalue weighted by molar-refractivity contribution is 0.0697. The first kappa shape index (κ1) is 15.8. The molecule has 0 heterocycles. The minimum atomic E-state index is -1.10. The number of halogens is 3. The molecule has 0 saturated heterocycles. The summed E-state index contributed by atoms with van der Waals surface area (Å²) in [4.78, 5) is 23.0. The molecule has 0 aliphatic carbocycles. The summed E-state index contributed by atoms with van der Waals surface area (Å²) in [5, 5.41) is 12.0. The highest BCUT2D eigenvalue weighted by atomic mass is 79.9. The Hall–Kier alpha value is -1.56. The molecule has 0 aromatic heterocycles. The summed E-state index contributed by atoms with van der Waals surface area (Å²) in [7, 11) is 0. The van der Waals surface area contributed by atoms with Gasteiger partial charge in [0.25, 0.3) is 5.91 Å². The molecule has 0 radical (unpaired) electrons. The van der Waals surface area contributed by atoms with Gasteiger partial charge >= 0.3 is 5.97 Å². The second-order valence-corrected chi connectivity index (χ2v) is 5.67. The van der Waals surface area contributed by atoms with E-state index in [1.807, 2.05) is 0 Å². The Balaban J connectivity index is 2.28. The van der Waals surface area contributed by atoms with Gasteiger partial charge in [0.2, 0.25) is 0 Å². The van der Waals surface area contributed by atoms with Crippen LogP contribution in [0.4, 0.5) is 5.69 Å². The number of hydrogen-bond donors (Lipinski definition) is 2. The summed E-state index contributed by atoms with van der Waals surface area (Å²) in [6.45, 7) is 0. The lowest BCUT2D eigenvalue weighted by atomic mass is 10.1.